The number of aliphatic hydroxyl groups is 1. The van der Waals surface area contributed by atoms with Gasteiger partial charge in [0.2, 0.25) is 11.8 Å². The maximum atomic E-state index is 15.9. The predicted molar refractivity (Wildman–Crippen MR) is 215 cm³/mol. The van der Waals surface area contributed by atoms with Gasteiger partial charge in [0.05, 0.1) is 36.9 Å². The summed E-state index contributed by atoms with van der Waals surface area (Å²) < 4.78 is 23.1. The normalized spacial score (nSPS) is 23.4. The lowest BCUT2D eigenvalue weighted by Crippen LogP contribution is -2.56. The summed E-state index contributed by atoms with van der Waals surface area (Å²) in [7, 11) is 1.47. The van der Waals surface area contributed by atoms with Crippen LogP contribution < -0.4 is 15.0 Å². The molecule has 4 aromatic carbocycles. The maximum absolute atomic E-state index is 15.9. The first-order valence-corrected chi connectivity index (χ1v) is 19.6. The van der Waals surface area contributed by atoms with Gasteiger partial charge in [0.1, 0.15) is 36.5 Å². The summed E-state index contributed by atoms with van der Waals surface area (Å²) >= 11 is 0. The number of fused-ring (bicyclic) bond motifs is 3. The van der Waals surface area contributed by atoms with E-state index in [1.165, 1.54) is 7.11 Å². The Morgan fingerprint density at radius 3 is 2.25 bits per heavy atom. The number of morpholine rings is 1. The van der Waals surface area contributed by atoms with Gasteiger partial charge < -0.3 is 29.4 Å². The molecule has 3 aliphatic heterocycles. The lowest BCUT2D eigenvalue weighted by atomic mass is 9.65. The van der Waals surface area contributed by atoms with Crippen LogP contribution >= 0.6 is 0 Å². The molecule has 1 spiro atoms. The predicted octanol–water partition coefficient (Wildman–Crippen LogP) is 5.26. The van der Waals surface area contributed by atoms with Gasteiger partial charge in [0.25, 0.3) is 0 Å². The highest BCUT2D eigenvalue weighted by atomic mass is 16.6. The number of aliphatic hydroxyl groups excluding tert-OH is 1. The van der Waals surface area contributed by atoms with Gasteiger partial charge in [0.15, 0.2) is 0 Å². The van der Waals surface area contributed by atoms with Gasteiger partial charge in [-0.2, -0.15) is 0 Å². The van der Waals surface area contributed by atoms with Crippen LogP contribution in [0.25, 0.3) is 0 Å². The van der Waals surface area contributed by atoms with E-state index in [4.69, 9.17) is 18.9 Å². The Morgan fingerprint density at radius 1 is 0.814 bits per heavy atom. The van der Waals surface area contributed by atoms with E-state index in [-0.39, 0.29) is 38.7 Å². The van der Waals surface area contributed by atoms with Gasteiger partial charge >= 0.3 is 12.1 Å². The number of hydrogen-bond donors (Lipinski definition) is 2. The SMILES string of the molecule is COCCOC(=O)N1C(=O)[C@@]2(c3ccccc31)[C@H](C(=O)NCCc1ccccn1)[C@H]1C(=O)O[C@H](c3ccccc3)[C@H](c3ccccc3)N1[C@@H]2c1cccc(OCCO)c1. The molecule has 2 fully saturated rings. The summed E-state index contributed by atoms with van der Waals surface area (Å²) in [5.74, 6) is -3.04. The summed E-state index contributed by atoms with van der Waals surface area (Å²) in [6.45, 7) is -0.127. The Balaban J connectivity index is 1.39. The monoisotopic (exact) mass is 796 g/mol. The Morgan fingerprint density at radius 2 is 1.53 bits per heavy atom. The number of carbonyl (C=O) groups excluding carboxylic acids is 4. The molecule has 0 radical (unpaired) electrons. The molecule has 1 aromatic heterocycles. The standard InChI is InChI=1S/C46H44N4O9/c1-56-27-28-58-45(55)49-36-21-9-8-20-35(36)46(44(49)54)37(42(52)48-24-22-33-18-10-11-23-47-33)39-43(53)59-40(31-15-6-3-7-16-31)38(30-13-4-2-5-14-30)50(39)41(46)32-17-12-19-34(29-32)57-26-25-51/h2-21,23,29,37-41,51H,22,24-28H2,1H3,(H,48,52)/t37-,38-,39-,40+,41+,46-/m0/s1. The molecule has 0 unspecified atom stereocenters. The van der Waals surface area contributed by atoms with Gasteiger partial charge in [-0.15, -0.1) is 0 Å². The number of esters is 1. The van der Waals surface area contributed by atoms with E-state index in [2.05, 4.69) is 10.3 Å². The molecule has 0 saturated carbocycles. The first-order chi connectivity index (χ1) is 28.9. The summed E-state index contributed by atoms with van der Waals surface area (Å²) in [5, 5.41) is 12.7. The van der Waals surface area contributed by atoms with Crippen LogP contribution in [0.4, 0.5) is 10.5 Å². The van der Waals surface area contributed by atoms with Gasteiger partial charge in [0, 0.05) is 32.0 Å². The molecule has 13 heteroatoms. The van der Waals surface area contributed by atoms with E-state index >= 15 is 14.4 Å². The highest BCUT2D eigenvalue weighted by Gasteiger charge is 2.75. The fourth-order valence-electron chi connectivity index (χ4n) is 9.03. The molecule has 4 heterocycles. The van der Waals surface area contributed by atoms with Crippen LogP contribution in [-0.4, -0.2) is 85.0 Å². The van der Waals surface area contributed by atoms with Crippen molar-refractivity contribution in [2.75, 3.05) is 45.0 Å². The first kappa shape index (κ1) is 39.4. The van der Waals surface area contributed by atoms with Gasteiger partial charge in [-0.05, 0) is 52.6 Å². The van der Waals surface area contributed by atoms with Crippen molar-refractivity contribution in [3.8, 4) is 5.75 Å². The third-order valence-electron chi connectivity index (χ3n) is 11.3. The zero-order valence-electron chi connectivity index (χ0n) is 32.4. The van der Waals surface area contributed by atoms with Crippen molar-refractivity contribution < 1.29 is 43.2 Å². The molecule has 6 atom stereocenters. The number of cyclic esters (lactones) is 1. The Bertz CT molecular complexity index is 2300. The number of methoxy groups -OCH3 is 1. The average Bonchev–Trinajstić information content (AvgIpc) is 3.73. The average molecular weight is 797 g/mol. The smallest absolute Gasteiger partial charge is 0.421 e. The quantitative estimate of drug-likeness (QED) is 0.118. The molecule has 3 amide bonds. The van der Waals surface area contributed by atoms with Crippen LogP contribution in [0.2, 0.25) is 0 Å². The molecule has 3 aliphatic rings. The highest BCUT2D eigenvalue weighted by Crippen LogP contribution is 2.65. The second-order valence-electron chi connectivity index (χ2n) is 14.5. The van der Waals surface area contributed by atoms with E-state index < -0.39 is 59.4 Å². The number of nitrogens with one attached hydrogen (secondary N) is 1. The number of carbonyl (C=O) groups is 4. The van der Waals surface area contributed by atoms with Crippen LogP contribution in [0.1, 0.15) is 46.1 Å². The number of imide groups is 1. The number of anilines is 1. The summed E-state index contributed by atoms with van der Waals surface area (Å²) in [6.07, 6.45) is 0.232. The first-order valence-electron chi connectivity index (χ1n) is 19.6. The second kappa shape index (κ2) is 17.2. The Labute approximate surface area is 341 Å². The van der Waals surface area contributed by atoms with Crippen LogP contribution in [0.15, 0.2) is 134 Å². The Hall–Kier alpha value is -6.41. The molecule has 5 aromatic rings. The van der Waals surface area contributed by atoms with E-state index in [1.54, 1.807) is 54.7 Å². The number of para-hydroxylation sites is 1. The van der Waals surface area contributed by atoms with Crippen molar-refractivity contribution in [1.29, 1.82) is 0 Å². The minimum absolute atomic E-state index is 0.00477. The maximum Gasteiger partial charge on any atom is 0.421 e. The van der Waals surface area contributed by atoms with Crippen molar-refractivity contribution in [1.82, 2.24) is 15.2 Å². The zero-order valence-corrected chi connectivity index (χ0v) is 32.4. The van der Waals surface area contributed by atoms with Crippen LogP contribution in [0, 0.1) is 5.92 Å². The van der Waals surface area contributed by atoms with E-state index in [1.807, 2.05) is 83.8 Å². The number of nitrogens with zero attached hydrogens (tertiary/aromatic N) is 3. The van der Waals surface area contributed by atoms with Crippen LogP contribution in [-0.2, 0) is 40.4 Å². The molecule has 2 N–H and O–H groups in total. The number of hydrogen-bond acceptors (Lipinski definition) is 11. The topological polar surface area (TPSA) is 157 Å². The molecular formula is C46H44N4O9. The van der Waals surface area contributed by atoms with E-state index in [9.17, 15) is 9.90 Å². The molecule has 13 nitrogen and oxygen atoms in total. The number of aromatic nitrogens is 1. The molecule has 8 rings (SSSR count). The summed E-state index contributed by atoms with van der Waals surface area (Å²) in [5.41, 5.74) is 1.46. The Kier molecular flexibility index (Phi) is 11.5. The third-order valence-corrected chi connectivity index (χ3v) is 11.3. The largest absolute Gasteiger partial charge is 0.491 e. The number of rotatable bonds is 13. The molecule has 0 bridgehead atoms. The van der Waals surface area contributed by atoms with Gasteiger partial charge in [-0.25, -0.2) is 9.69 Å². The fraction of sp³-hybridized carbons (Fsp3) is 0.283. The molecule has 0 aliphatic carbocycles. The van der Waals surface area contributed by atoms with Gasteiger partial charge in [-0.3, -0.25) is 24.3 Å². The van der Waals surface area contributed by atoms with Crippen molar-refractivity contribution >= 4 is 29.6 Å². The van der Waals surface area contributed by atoms with E-state index in [0.29, 0.717) is 28.9 Å². The number of ether oxygens (including phenoxy) is 4. The molecule has 2 saturated heterocycles. The molecular weight excluding hydrogens is 753 g/mol. The lowest BCUT2D eigenvalue weighted by molar-refractivity contribution is -0.178. The molecule has 59 heavy (non-hydrogen) atoms. The van der Waals surface area contributed by atoms with Crippen molar-refractivity contribution in [3.05, 3.63) is 162 Å². The zero-order chi connectivity index (χ0) is 40.9. The molecule has 302 valence electrons. The second-order valence-corrected chi connectivity index (χ2v) is 14.5. The minimum atomic E-state index is -1.91. The van der Waals surface area contributed by atoms with Crippen molar-refractivity contribution in [3.63, 3.8) is 0 Å². The summed E-state index contributed by atoms with van der Waals surface area (Å²) in [4.78, 5) is 67.7. The highest BCUT2D eigenvalue weighted by molar-refractivity contribution is 6.23. The minimum Gasteiger partial charge on any atom is -0.491 e. The van der Waals surface area contributed by atoms with Crippen LogP contribution in [0.3, 0.4) is 0 Å². The fourth-order valence-corrected chi connectivity index (χ4v) is 9.03. The lowest BCUT2D eigenvalue weighted by Gasteiger charge is -2.46. The van der Waals surface area contributed by atoms with E-state index in [0.717, 1.165) is 16.2 Å². The van der Waals surface area contributed by atoms with Crippen molar-refractivity contribution in [2.45, 2.75) is 36.1 Å². The van der Waals surface area contributed by atoms with Gasteiger partial charge in [-0.1, -0.05) is 97.1 Å². The third kappa shape index (κ3) is 7.11. The number of pyridine rings is 1. The van der Waals surface area contributed by atoms with Crippen molar-refractivity contribution in [2.24, 2.45) is 5.92 Å². The number of benzene rings is 4. The van der Waals surface area contributed by atoms with Crippen LogP contribution in [0.5, 0.6) is 5.75 Å². The summed E-state index contributed by atoms with van der Waals surface area (Å²) in [6, 6.07) is 35.2. The number of amides is 3.